The summed E-state index contributed by atoms with van der Waals surface area (Å²) < 4.78 is 5.39. The van der Waals surface area contributed by atoms with Crippen molar-refractivity contribution in [1.29, 1.82) is 0 Å². The summed E-state index contributed by atoms with van der Waals surface area (Å²) in [5.41, 5.74) is -0.473. The lowest BCUT2D eigenvalue weighted by Gasteiger charge is -2.37. The van der Waals surface area contributed by atoms with E-state index < -0.39 is 17.6 Å². The summed E-state index contributed by atoms with van der Waals surface area (Å²) in [4.78, 5) is 29.3. The Balaban J connectivity index is 2.38. The standard InChI is InChI=1S/C17H33N3O4/c1-13(2)14(15(21)22)18(6)7-8-19-9-11-20(12-10-19)16(23)24-17(3,4)5/h13-14H,7-12H2,1-6H3,(H,21,22)/t14-/m0/s1. The van der Waals surface area contributed by atoms with Gasteiger partial charge in [0.2, 0.25) is 0 Å². The third-order valence-corrected chi connectivity index (χ3v) is 4.15. The van der Waals surface area contributed by atoms with E-state index in [2.05, 4.69) is 4.90 Å². The number of piperazine rings is 1. The Morgan fingerprint density at radius 1 is 1.17 bits per heavy atom. The Morgan fingerprint density at radius 3 is 2.12 bits per heavy atom. The van der Waals surface area contributed by atoms with Crippen LogP contribution < -0.4 is 0 Å². The minimum Gasteiger partial charge on any atom is -0.480 e. The van der Waals surface area contributed by atoms with Crippen molar-refractivity contribution in [1.82, 2.24) is 14.7 Å². The van der Waals surface area contributed by atoms with Crippen molar-refractivity contribution in [3.63, 3.8) is 0 Å². The Hall–Kier alpha value is -1.34. The van der Waals surface area contributed by atoms with Crippen LogP contribution in [0.1, 0.15) is 34.6 Å². The number of carboxylic acids is 1. The number of hydrogen-bond acceptors (Lipinski definition) is 5. The second-order valence-electron chi connectivity index (χ2n) is 7.82. The van der Waals surface area contributed by atoms with Crippen LogP contribution >= 0.6 is 0 Å². The third-order valence-electron chi connectivity index (χ3n) is 4.15. The van der Waals surface area contributed by atoms with E-state index in [9.17, 15) is 14.7 Å². The summed E-state index contributed by atoms with van der Waals surface area (Å²) in [5, 5.41) is 9.33. The molecule has 0 aromatic rings. The molecule has 1 heterocycles. The van der Waals surface area contributed by atoms with Crippen LogP contribution in [0.2, 0.25) is 0 Å². The number of likely N-dealkylation sites (N-methyl/N-ethyl adjacent to an activating group) is 1. The van der Waals surface area contributed by atoms with Crippen LogP contribution in [-0.4, -0.2) is 89.8 Å². The second-order valence-corrected chi connectivity index (χ2v) is 7.82. The minimum absolute atomic E-state index is 0.0662. The summed E-state index contributed by atoms with van der Waals surface area (Å²) in [6.45, 7) is 13.8. The van der Waals surface area contributed by atoms with Crippen molar-refractivity contribution < 1.29 is 19.4 Å². The molecule has 1 saturated heterocycles. The molecule has 1 atom stereocenters. The summed E-state index contributed by atoms with van der Waals surface area (Å²) in [6, 6.07) is -0.465. The molecule has 0 aromatic carbocycles. The van der Waals surface area contributed by atoms with E-state index in [1.807, 2.05) is 46.6 Å². The van der Waals surface area contributed by atoms with Crippen molar-refractivity contribution in [2.45, 2.75) is 46.3 Å². The van der Waals surface area contributed by atoms with Crippen LogP contribution in [0.15, 0.2) is 0 Å². The fourth-order valence-corrected chi connectivity index (χ4v) is 2.90. The maximum Gasteiger partial charge on any atom is 0.410 e. The van der Waals surface area contributed by atoms with Gasteiger partial charge in [0.15, 0.2) is 0 Å². The number of aliphatic carboxylic acids is 1. The van der Waals surface area contributed by atoms with E-state index in [0.717, 1.165) is 19.6 Å². The Labute approximate surface area is 145 Å². The van der Waals surface area contributed by atoms with Gasteiger partial charge in [-0.05, 0) is 33.7 Å². The molecule has 1 aliphatic rings. The first-order valence-electron chi connectivity index (χ1n) is 8.64. The lowest BCUT2D eigenvalue weighted by molar-refractivity contribution is -0.144. The van der Waals surface area contributed by atoms with Crippen molar-refractivity contribution in [3.8, 4) is 0 Å². The first-order chi connectivity index (χ1) is 11.0. The summed E-state index contributed by atoms with van der Waals surface area (Å²) >= 11 is 0. The minimum atomic E-state index is -0.776. The van der Waals surface area contributed by atoms with Crippen LogP contribution in [0, 0.1) is 5.92 Å². The molecule has 24 heavy (non-hydrogen) atoms. The maximum atomic E-state index is 12.0. The molecule has 0 unspecified atom stereocenters. The van der Waals surface area contributed by atoms with Crippen molar-refractivity contribution in [2.24, 2.45) is 5.92 Å². The highest BCUT2D eigenvalue weighted by Crippen LogP contribution is 2.13. The maximum absolute atomic E-state index is 12.0. The largest absolute Gasteiger partial charge is 0.480 e. The molecule has 1 fully saturated rings. The molecule has 7 nitrogen and oxygen atoms in total. The zero-order chi connectivity index (χ0) is 18.5. The third kappa shape index (κ3) is 6.65. The van der Waals surface area contributed by atoms with E-state index in [1.165, 1.54) is 0 Å². The lowest BCUT2D eigenvalue weighted by atomic mass is 10.0. The van der Waals surface area contributed by atoms with Crippen LogP contribution in [0.25, 0.3) is 0 Å². The highest BCUT2D eigenvalue weighted by Gasteiger charge is 2.28. The molecule has 0 aliphatic carbocycles. The van der Waals surface area contributed by atoms with Gasteiger partial charge in [-0.1, -0.05) is 13.8 Å². The second kappa shape index (κ2) is 8.67. The molecular weight excluding hydrogens is 310 g/mol. The van der Waals surface area contributed by atoms with Gasteiger partial charge in [0.05, 0.1) is 0 Å². The number of nitrogens with zero attached hydrogens (tertiary/aromatic N) is 3. The average molecular weight is 343 g/mol. The fraction of sp³-hybridized carbons (Fsp3) is 0.882. The summed E-state index contributed by atoms with van der Waals surface area (Å²) in [7, 11) is 1.86. The van der Waals surface area contributed by atoms with E-state index in [4.69, 9.17) is 4.74 Å². The molecule has 0 radical (unpaired) electrons. The predicted octanol–water partition coefficient (Wildman–Crippen LogP) is 1.58. The molecule has 7 heteroatoms. The summed E-state index contributed by atoms with van der Waals surface area (Å²) in [6.07, 6.45) is -0.259. The Kier molecular flexibility index (Phi) is 7.48. The van der Waals surface area contributed by atoms with Gasteiger partial charge in [0.1, 0.15) is 11.6 Å². The number of hydrogen-bond donors (Lipinski definition) is 1. The molecule has 0 bridgehead atoms. The number of carbonyl (C=O) groups excluding carboxylic acids is 1. The number of ether oxygens (including phenoxy) is 1. The zero-order valence-electron chi connectivity index (χ0n) is 15.9. The molecule has 1 aliphatic heterocycles. The van der Waals surface area contributed by atoms with Gasteiger partial charge in [-0.25, -0.2) is 4.79 Å². The molecule has 1 rings (SSSR count). The van der Waals surface area contributed by atoms with Crippen LogP contribution in [0.4, 0.5) is 4.79 Å². The van der Waals surface area contributed by atoms with Gasteiger partial charge in [-0.3, -0.25) is 14.6 Å². The first-order valence-corrected chi connectivity index (χ1v) is 8.64. The van der Waals surface area contributed by atoms with Gasteiger partial charge < -0.3 is 14.7 Å². The normalized spacial score (nSPS) is 18.1. The number of carbonyl (C=O) groups is 2. The van der Waals surface area contributed by atoms with Gasteiger partial charge >= 0.3 is 12.1 Å². The van der Waals surface area contributed by atoms with Crippen molar-refractivity contribution in [2.75, 3.05) is 46.3 Å². The van der Waals surface area contributed by atoms with Gasteiger partial charge in [0, 0.05) is 39.3 Å². The lowest BCUT2D eigenvalue weighted by Crippen LogP contribution is -2.52. The molecule has 0 spiro atoms. The number of carboxylic acid groups (broad SMARTS) is 1. The van der Waals surface area contributed by atoms with E-state index >= 15 is 0 Å². The fourth-order valence-electron chi connectivity index (χ4n) is 2.90. The molecule has 140 valence electrons. The Bertz CT molecular complexity index is 426. The first kappa shape index (κ1) is 20.7. The van der Waals surface area contributed by atoms with Gasteiger partial charge in [-0.2, -0.15) is 0 Å². The smallest absolute Gasteiger partial charge is 0.410 e. The average Bonchev–Trinajstić information content (AvgIpc) is 2.43. The van der Waals surface area contributed by atoms with Crippen molar-refractivity contribution >= 4 is 12.1 Å². The highest BCUT2D eigenvalue weighted by atomic mass is 16.6. The zero-order valence-corrected chi connectivity index (χ0v) is 15.9. The molecule has 1 amide bonds. The highest BCUT2D eigenvalue weighted by molar-refractivity contribution is 5.73. The molecule has 1 N–H and O–H groups in total. The van der Waals surface area contributed by atoms with E-state index in [-0.39, 0.29) is 12.0 Å². The molecule has 0 saturated carbocycles. The van der Waals surface area contributed by atoms with E-state index in [0.29, 0.717) is 19.6 Å². The van der Waals surface area contributed by atoms with Crippen LogP contribution in [0.3, 0.4) is 0 Å². The quantitative estimate of drug-likeness (QED) is 0.789. The predicted molar refractivity (Wildman–Crippen MR) is 93.1 cm³/mol. The topological polar surface area (TPSA) is 73.3 Å². The molecular formula is C17H33N3O4. The van der Waals surface area contributed by atoms with Crippen LogP contribution in [-0.2, 0) is 9.53 Å². The number of rotatable bonds is 6. The van der Waals surface area contributed by atoms with Gasteiger partial charge in [-0.15, -0.1) is 0 Å². The summed E-state index contributed by atoms with van der Waals surface area (Å²) in [5.74, 6) is -0.709. The SMILES string of the molecule is CC(C)[C@@H](C(=O)O)N(C)CCN1CCN(C(=O)OC(C)(C)C)CC1. The van der Waals surface area contributed by atoms with E-state index in [1.54, 1.807) is 4.90 Å². The van der Waals surface area contributed by atoms with Crippen molar-refractivity contribution in [3.05, 3.63) is 0 Å². The van der Waals surface area contributed by atoms with Gasteiger partial charge in [0.25, 0.3) is 0 Å². The monoisotopic (exact) mass is 343 g/mol. The van der Waals surface area contributed by atoms with Crippen LogP contribution in [0.5, 0.6) is 0 Å². The number of amides is 1. The Morgan fingerprint density at radius 2 is 1.71 bits per heavy atom. The molecule has 0 aromatic heterocycles.